The molecule has 2 rings (SSSR count). The van der Waals surface area contributed by atoms with Crippen molar-refractivity contribution in [3.63, 3.8) is 0 Å². The second-order valence-corrected chi connectivity index (χ2v) is 5.57. The Morgan fingerprint density at radius 3 is 2.45 bits per heavy atom. The third-order valence-electron chi connectivity index (χ3n) is 2.87. The van der Waals surface area contributed by atoms with Gasteiger partial charge in [0.05, 0.1) is 6.54 Å². The second kappa shape index (κ2) is 5.44. The van der Waals surface area contributed by atoms with Gasteiger partial charge < -0.3 is 15.2 Å². The lowest BCUT2D eigenvalue weighted by molar-refractivity contribution is 0.411. The summed E-state index contributed by atoms with van der Waals surface area (Å²) in [6.45, 7) is 8.68. The lowest BCUT2D eigenvalue weighted by Gasteiger charge is -2.20. The molecule has 2 aromatic rings. The first-order chi connectivity index (χ1) is 9.41. The topological polar surface area (TPSA) is 88.8 Å². The first-order valence-corrected chi connectivity index (χ1v) is 6.48. The molecule has 0 spiro atoms. The average molecular weight is 276 g/mol. The van der Waals surface area contributed by atoms with Crippen LogP contribution in [0.25, 0.3) is 0 Å². The molecule has 0 saturated carbocycles. The summed E-state index contributed by atoms with van der Waals surface area (Å²) >= 11 is 0. The third-order valence-corrected chi connectivity index (χ3v) is 2.87. The first kappa shape index (κ1) is 14.2. The third kappa shape index (κ3) is 3.04. The van der Waals surface area contributed by atoms with Gasteiger partial charge in [0.15, 0.2) is 5.82 Å². The lowest BCUT2D eigenvalue weighted by atomic mass is 9.95. The van der Waals surface area contributed by atoms with E-state index < -0.39 is 0 Å². The van der Waals surface area contributed by atoms with Crippen molar-refractivity contribution in [2.24, 2.45) is 0 Å². The van der Waals surface area contributed by atoms with E-state index >= 15 is 0 Å². The number of hydrogen-bond acceptors (Lipinski definition) is 7. The smallest absolute Gasteiger partial charge is 0.213 e. The van der Waals surface area contributed by atoms with E-state index in [9.17, 15) is 0 Å². The summed E-state index contributed by atoms with van der Waals surface area (Å²) in [7, 11) is 1.85. The molecule has 7 heteroatoms. The standard InChI is InChI=1S/C13H20N6O/c1-8-10(14-5)17-12(13(2,3)4)18-11(8)15-6-9-16-7-20-19-9/h7H,6H2,1-5H3,(H2,14,15,17,18). The summed E-state index contributed by atoms with van der Waals surface area (Å²) < 4.78 is 4.71. The Hall–Kier alpha value is -2.18. The van der Waals surface area contributed by atoms with Gasteiger partial charge in [-0.15, -0.1) is 0 Å². The SMILES string of the molecule is CNc1nc(C(C)(C)C)nc(NCc2ncon2)c1C. The van der Waals surface area contributed by atoms with Crippen LogP contribution < -0.4 is 10.6 Å². The number of nitrogens with one attached hydrogen (secondary N) is 2. The summed E-state index contributed by atoms with van der Waals surface area (Å²) in [5.41, 5.74) is 0.839. The largest absolute Gasteiger partial charge is 0.373 e. The molecule has 0 aromatic carbocycles. The van der Waals surface area contributed by atoms with Crippen LogP contribution in [0.1, 0.15) is 38.0 Å². The molecule has 0 unspecified atom stereocenters. The van der Waals surface area contributed by atoms with Gasteiger partial charge in [0, 0.05) is 18.0 Å². The minimum atomic E-state index is -0.123. The van der Waals surface area contributed by atoms with Gasteiger partial charge in [-0.05, 0) is 6.92 Å². The van der Waals surface area contributed by atoms with E-state index in [0.717, 1.165) is 23.0 Å². The van der Waals surface area contributed by atoms with Crippen molar-refractivity contribution in [3.05, 3.63) is 23.6 Å². The zero-order valence-corrected chi connectivity index (χ0v) is 12.5. The molecule has 0 atom stereocenters. The molecule has 0 aliphatic carbocycles. The van der Waals surface area contributed by atoms with Gasteiger partial charge in [-0.25, -0.2) is 9.97 Å². The molecule has 0 bridgehead atoms. The van der Waals surface area contributed by atoms with E-state index in [-0.39, 0.29) is 5.41 Å². The quantitative estimate of drug-likeness (QED) is 0.884. The Balaban J connectivity index is 2.30. The zero-order valence-electron chi connectivity index (χ0n) is 12.5. The fourth-order valence-corrected chi connectivity index (χ4v) is 1.70. The van der Waals surface area contributed by atoms with Crippen molar-refractivity contribution in [2.45, 2.75) is 39.7 Å². The van der Waals surface area contributed by atoms with E-state index in [4.69, 9.17) is 4.52 Å². The predicted octanol–water partition coefficient (Wildman–Crippen LogP) is 2.12. The summed E-state index contributed by atoms with van der Waals surface area (Å²) in [4.78, 5) is 13.1. The number of anilines is 2. The molecule has 2 N–H and O–H groups in total. The summed E-state index contributed by atoms with van der Waals surface area (Å²) in [5.74, 6) is 2.97. The van der Waals surface area contributed by atoms with Crippen molar-refractivity contribution < 1.29 is 4.52 Å². The predicted molar refractivity (Wildman–Crippen MR) is 76.6 cm³/mol. The van der Waals surface area contributed by atoms with Gasteiger partial charge in [0.2, 0.25) is 6.39 Å². The molecule has 20 heavy (non-hydrogen) atoms. The molecule has 0 amide bonds. The maximum absolute atomic E-state index is 4.71. The summed E-state index contributed by atoms with van der Waals surface area (Å²) in [6, 6.07) is 0. The van der Waals surface area contributed by atoms with Crippen molar-refractivity contribution in [3.8, 4) is 0 Å². The molecular formula is C13H20N6O. The van der Waals surface area contributed by atoms with Crippen molar-refractivity contribution >= 4 is 11.6 Å². The number of rotatable bonds is 4. The monoisotopic (exact) mass is 276 g/mol. The van der Waals surface area contributed by atoms with Crippen LogP contribution >= 0.6 is 0 Å². The molecule has 0 fully saturated rings. The Morgan fingerprint density at radius 2 is 1.90 bits per heavy atom. The highest BCUT2D eigenvalue weighted by Crippen LogP contribution is 2.26. The summed E-state index contributed by atoms with van der Waals surface area (Å²) in [6.07, 6.45) is 1.31. The average Bonchev–Trinajstić information content (AvgIpc) is 2.89. The van der Waals surface area contributed by atoms with Crippen LogP contribution in [-0.2, 0) is 12.0 Å². The molecule has 0 aliphatic rings. The maximum atomic E-state index is 4.71. The lowest BCUT2D eigenvalue weighted by Crippen LogP contribution is -2.19. The van der Waals surface area contributed by atoms with Crippen LogP contribution in [0, 0.1) is 6.92 Å². The van der Waals surface area contributed by atoms with Crippen molar-refractivity contribution in [2.75, 3.05) is 17.7 Å². The summed E-state index contributed by atoms with van der Waals surface area (Å²) in [5, 5.41) is 10.1. The molecular weight excluding hydrogens is 256 g/mol. The van der Waals surface area contributed by atoms with Crippen molar-refractivity contribution in [1.29, 1.82) is 0 Å². The van der Waals surface area contributed by atoms with Crippen LogP contribution in [0.2, 0.25) is 0 Å². The Kier molecular flexibility index (Phi) is 3.87. The molecule has 0 aliphatic heterocycles. The molecule has 108 valence electrons. The highest BCUT2D eigenvalue weighted by Gasteiger charge is 2.20. The number of aromatic nitrogens is 4. The fraction of sp³-hybridized carbons (Fsp3) is 0.538. The van der Waals surface area contributed by atoms with Crippen LogP contribution in [0.3, 0.4) is 0 Å². The molecule has 2 aromatic heterocycles. The van der Waals surface area contributed by atoms with E-state index in [2.05, 4.69) is 51.5 Å². The minimum Gasteiger partial charge on any atom is -0.373 e. The number of nitrogens with zero attached hydrogens (tertiary/aromatic N) is 4. The van der Waals surface area contributed by atoms with Crippen molar-refractivity contribution in [1.82, 2.24) is 20.1 Å². The first-order valence-electron chi connectivity index (χ1n) is 6.48. The van der Waals surface area contributed by atoms with Crippen LogP contribution in [0.5, 0.6) is 0 Å². The highest BCUT2D eigenvalue weighted by atomic mass is 16.5. The highest BCUT2D eigenvalue weighted by molar-refractivity contribution is 5.57. The Labute approximate surface area is 118 Å². The Bertz CT molecular complexity index is 573. The van der Waals surface area contributed by atoms with Gasteiger partial charge in [0.25, 0.3) is 0 Å². The van der Waals surface area contributed by atoms with Gasteiger partial charge in [-0.2, -0.15) is 4.98 Å². The normalized spacial score (nSPS) is 11.4. The number of hydrogen-bond donors (Lipinski definition) is 2. The molecule has 7 nitrogen and oxygen atoms in total. The molecule has 0 saturated heterocycles. The van der Waals surface area contributed by atoms with Crippen LogP contribution in [0.15, 0.2) is 10.9 Å². The fourth-order valence-electron chi connectivity index (χ4n) is 1.70. The van der Waals surface area contributed by atoms with Gasteiger partial charge >= 0.3 is 0 Å². The van der Waals surface area contributed by atoms with Gasteiger partial charge in [-0.1, -0.05) is 25.9 Å². The molecule has 0 radical (unpaired) electrons. The van der Waals surface area contributed by atoms with E-state index in [1.165, 1.54) is 6.39 Å². The van der Waals surface area contributed by atoms with E-state index in [1.54, 1.807) is 0 Å². The second-order valence-electron chi connectivity index (χ2n) is 5.57. The zero-order chi connectivity index (χ0) is 14.8. The molecule has 2 heterocycles. The Morgan fingerprint density at radius 1 is 1.20 bits per heavy atom. The van der Waals surface area contributed by atoms with E-state index in [0.29, 0.717) is 12.4 Å². The van der Waals surface area contributed by atoms with Gasteiger partial charge in [0.1, 0.15) is 17.5 Å². The van der Waals surface area contributed by atoms with E-state index in [1.807, 2.05) is 14.0 Å². The minimum absolute atomic E-state index is 0.123. The van der Waals surface area contributed by atoms with Crippen LogP contribution in [-0.4, -0.2) is 27.2 Å². The van der Waals surface area contributed by atoms with Crippen LogP contribution in [0.4, 0.5) is 11.6 Å². The maximum Gasteiger partial charge on any atom is 0.213 e. The van der Waals surface area contributed by atoms with Gasteiger partial charge in [-0.3, -0.25) is 0 Å².